The molecule has 0 aliphatic carbocycles. The summed E-state index contributed by atoms with van der Waals surface area (Å²) in [6.07, 6.45) is 1.78. The predicted octanol–water partition coefficient (Wildman–Crippen LogP) is 2.74. The zero-order valence-corrected chi connectivity index (χ0v) is 16.0. The summed E-state index contributed by atoms with van der Waals surface area (Å²) in [6, 6.07) is 11.8. The smallest absolute Gasteiger partial charge is 0.258 e. The molecule has 0 radical (unpaired) electrons. The number of carbonyl (C=O) groups is 1. The quantitative estimate of drug-likeness (QED) is 0.813. The van der Waals surface area contributed by atoms with Gasteiger partial charge in [0.1, 0.15) is 11.6 Å². The number of hydrogen-bond donors (Lipinski definition) is 1. The second kappa shape index (κ2) is 9.37. The molecule has 1 fully saturated rings. The molecular weight excluding hydrogens is 342 g/mol. The van der Waals surface area contributed by atoms with Crippen molar-refractivity contribution >= 4 is 11.7 Å². The van der Waals surface area contributed by atoms with Gasteiger partial charge in [-0.1, -0.05) is 26.0 Å². The maximum atomic E-state index is 12.1. The molecule has 2 aromatic rings. The lowest BCUT2D eigenvalue weighted by Gasteiger charge is -2.28. The van der Waals surface area contributed by atoms with Crippen molar-refractivity contribution in [3.05, 3.63) is 53.7 Å². The molecule has 6 nitrogen and oxygen atoms in total. The summed E-state index contributed by atoms with van der Waals surface area (Å²) in [7, 11) is 0. The maximum absolute atomic E-state index is 12.1. The molecule has 2 heterocycles. The van der Waals surface area contributed by atoms with Crippen LogP contribution in [-0.4, -0.2) is 43.8 Å². The van der Waals surface area contributed by atoms with Gasteiger partial charge in [0.2, 0.25) is 0 Å². The molecule has 3 rings (SSSR count). The number of benzene rings is 1. The molecule has 0 bridgehead atoms. The van der Waals surface area contributed by atoms with E-state index in [-0.39, 0.29) is 12.5 Å². The van der Waals surface area contributed by atoms with Gasteiger partial charge >= 0.3 is 0 Å². The summed E-state index contributed by atoms with van der Waals surface area (Å²) >= 11 is 0. The van der Waals surface area contributed by atoms with Crippen molar-refractivity contribution in [1.29, 1.82) is 0 Å². The second-order valence-electron chi connectivity index (χ2n) is 6.91. The fourth-order valence-electron chi connectivity index (χ4n) is 2.90. The van der Waals surface area contributed by atoms with Gasteiger partial charge in [0.25, 0.3) is 5.91 Å². The lowest BCUT2D eigenvalue weighted by atomic mass is 10.0. The van der Waals surface area contributed by atoms with Crippen molar-refractivity contribution in [2.75, 3.05) is 37.8 Å². The average Bonchev–Trinajstić information content (AvgIpc) is 2.72. The first kappa shape index (κ1) is 19.2. The standard InChI is InChI=1S/C21H27N3O3/c1-16(2)18-4-3-5-19(13-18)27-15-21(25)23-14-17-6-7-22-20(12-17)24-8-10-26-11-9-24/h3-7,12-13,16H,8-11,14-15H2,1-2H3,(H,23,25). The van der Waals surface area contributed by atoms with E-state index >= 15 is 0 Å². The second-order valence-corrected chi connectivity index (χ2v) is 6.91. The van der Waals surface area contributed by atoms with Crippen LogP contribution in [-0.2, 0) is 16.1 Å². The molecule has 1 aromatic heterocycles. The Labute approximate surface area is 160 Å². The Kier molecular flexibility index (Phi) is 6.65. The average molecular weight is 369 g/mol. The number of amides is 1. The van der Waals surface area contributed by atoms with Crippen LogP contribution in [0.4, 0.5) is 5.82 Å². The van der Waals surface area contributed by atoms with Crippen molar-refractivity contribution in [2.45, 2.75) is 26.3 Å². The third-order valence-electron chi connectivity index (χ3n) is 4.53. The molecule has 0 unspecified atom stereocenters. The van der Waals surface area contributed by atoms with Crippen LogP contribution in [0.3, 0.4) is 0 Å². The minimum absolute atomic E-state index is 0.00293. The third kappa shape index (κ3) is 5.69. The molecule has 1 saturated heterocycles. The van der Waals surface area contributed by atoms with E-state index in [2.05, 4.69) is 35.1 Å². The van der Waals surface area contributed by atoms with Gasteiger partial charge in [0, 0.05) is 25.8 Å². The highest BCUT2D eigenvalue weighted by molar-refractivity contribution is 5.77. The molecule has 0 saturated carbocycles. The first-order valence-electron chi connectivity index (χ1n) is 9.39. The predicted molar refractivity (Wildman–Crippen MR) is 105 cm³/mol. The number of pyridine rings is 1. The normalized spacial score (nSPS) is 14.3. The first-order chi connectivity index (χ1) is 13.1. The number of rotatable bonds is 7. The van der Waals surface area contributed by atoms with E-state index in [9.17, 15) is 4.79 Å². The molecular formula is C21H27N3O3. The van der Waals surface area contributed by atoms with Crippen molar-refractivity contribution in [3.63, 3.8) is 0 Å². The highest BCUT2D eigenvalue weighted by atomic mass is 16.5. The number of anilines is 1. The van der Waals surface area contributed by atoms with Crippen LogP contribution in [0.25, 0.3) is 0 Å². The molecule has 1 aliphatic rings. The number of morpholine rings is 1. The van der Waals surface area contributed by atoms with Gasteiger partial charge in [0.15, 0.2) is 6.61 Å². The Morgan fingerprint density at radius 3 is 2.85 bits per heavy atom. The molecule has 1 amide bonds. The summed E-state index contributed by atoms with van der Waals surface area (Å²) in [6.45, 7) is 7.84. The SMILES string of the molecule is CC(C)c1cccc(OCC(=O)NCc2ccnc(N3CCOCC3)c2)c1. The van der Waals surface area contributed by atoms with Gasteiger partial charge in [-0.25, -0.2) is 4.98 Å². The number of ether oxygens (including phenoxy) is 2. The topological polar surface area (TPSA) is 63.7 Å². The van der Waals surface area contributed by atoms with Crippen molar-refractivity contribution in [2.24, 2.45) is 0 Å². The number of nitrogens with zero attached hydrogens (tertiary/aromatic N) is 2. The van der Waals surface area contributed by atoms with Gasteiger partial charge in [-0.15, -0.1) is 0 Å². The third-order valence-corrected chi connectivity index (χ3v) is 4.53. The number of carbonyl (C=O) groups excluding carboxylic acids is 1. The van der Waals surface area contributed by atoms with Crippen LogP contribution in [0.1, 0.15) is 30.9 Å². The van der Waals surface area contributed by atoms with E-state index in [4.69, 9.17) is 9.47 Å². The molecule has 1 N–H and O–H groups in total. The van der Waals surface area contributed by atoms with E-state index < -0.39 is 0 Å². The van der Waals surface area contributed by atoms with E-state index in [1.54, 1.807) is 6.20 Å². The van der Waals surface area contributed by atoms with Gasteiger partial charge in [-0.2, -0.15) is 0 Å². The summed E-state index contributed by atoms with van der Waals surface area (Å²) in [5.74, 6) is 1.92. The van der Waals surface area contributed by atoms with Crippen molar-refractivity contribution in [3.8, 4) is 5.75 Å². The van der Waals surface area contributed by atoms with Gasteiger partial charge in [0.05, 0.1) is 13.2 Å². The Morgan fingerprint density at radius 1 is 1.26 bits per heavy atom. The number of aromatic nitrogens is 1. The first-order valence-corrected chi connectivity index (χ1v) is 9.39. The minimum Gasteiger partial charge on any atom is -0.484 e. The number of hydrogen-bond acceptors (Lipinski definition) is 5. The zero-order chi connectivity index (χ0) is 19.1. The Bertz CT molecular complexity index is 758. The van der Waals surface area contributed by atoms with Crippen LogP contribution >= 0.6 is 0 Å². The lowest BCUT2D eigenvalue weighted by molar-refractivity contribution is -0.123. The van der Waals surface area contributed by atoms with Crippen LogP contribution < -0.4 is 15.0 Å². The highest BCUT2D eigenvalue weighted by Gasteiger charge is 2.13. The molecule has 1 aromatic carbocycles. The molecule has 6 heteroatoms. The largest absolute Gasteiger partial charge is 0.484 e. The maximum Gasteiger partial charge on any atom is 0.258 e. The van der Waals surface area contributed by atoms with Gasteiger partial charge < -0.3 is 19.7 Å². The monoisotopic (exact) mass is 369 g/mol. The summed E-state index contributed by atoms with van der Waals surface area (Å²) in [5, 5.41) is 2.90. The Morgan fingerprint density at radius 2 is 2.07 bits per heavy atom. The van der Waals surface area contributed by atoms with Crippen molar-refractivity contribution < 1.29 is 14.3 Å². The van der Waals surface area contributed by atoms with Gasteiger partial charge in [-0.05, 0) is 41.3 Å². The van der Waals surface area contributed by atoms with E-state index in [1.807, 2.05) is 30.3 Å². The molecule has 0 spiro atoms. The Hall–Kier alpha value is -2.60. The zero-order valence-electron chi connectivity index (χ0n) is 16.0. The van der Waals surface area contributed by atoms with E-state index in [1.165, 1.54) is 5.56 Å². The lowest BCUT2D eigenvalue weighted by Crippen LogP contribution is -2.36. The fourth-order valence-corrected chi connectivity index (χ4v) is 2.90. The van der Waals surface area contributed by atoms with Crippen LogP contribution in [0.2, 0.25) is 0 Å². The van der Waals surface area contributed by atoms with Crippen LogP contribution in [0, 0.1) is 0 Å². The van der Waals surface area contributed by atoms with Gasteiger partial charge in [-0.3, -0.25) is 4.79 Å². The summed E-state index contributed by atoms with van der Waals surface area (Å²) < 4.78 is 11.0. The molecule has 27 heavy (non-hydrogen) atoms. The van der Waals surface area contributed by atoms with Crippen LogP contribution in [0.15, 0.2) is 42.6 Å². The summed E-state index contributed by atoms with van der Waals surface area (Å²) in [4.78, 5) is 18.7. The van der Waals surface area contributed by atoms with Crippen LogP contribution in [0.5, 0.6) is 5.75 Å². The van der Waals surface area contributed by atoms with E-state index in [0.717, 1.165) is 43.4 Å². The highest BCUT2D eigenvalue weighted by Crippen LogP contribution is 2.20. The minimum atomic E-state index is -0.144. The molecule has 144 valence electrons. The van der Waals surface area contributed by atoms with Crippen molar-refractivity contribution in [1.82, 2.24) is 10.3 Å². The Balaban J connectivity index is 1.48. The molecule has 1 aliphatic heterocycles. The fraction of sp³-hybridized carbons (Fsp3) is 0.429. The number of nitrogens with one attached hydrogen (secondary N) is 1. The molecule has 0 atom stereocenters. The van der Waals surface area contributed by atoms with E-state index in [0.29, 0.717) is 12.5 Å². The summed E-state index contributed by atoms with van der Waals surface area (Å²) in [5.41, 5.74) is 2.21.